The number of hydrogen-bond acceptors (Lipinski definition) is 6. The number of nitrogens with one attached hydrogen (secondary N) is 1. The highest BCUT2D eigenvalue weighted by Crippen LogP contribution is 2.15. The van der Waals surface area contributed by atoms with Crippen LogP contribution in [0, 0.1) is 0 Å². The molecule has 0 unspecified atom stereocenters. The second kappa shape index (κ2) is 6.02. The molecule has 0 aliphatic rings. The van der Waals surface area contributed by atoms with E-state index in [4.69, 9.17) is 14.9 Å². The summed E-state index contributed by atoms with van der Waals surface area (Å²) in [6.07, 6.45) is 0. The van der Waals surface area contributed by atoms with E-state index in [1.54, 1.807) is 0 Å². The first-order valence-electron chi connectivity index (χ1n) is 4.98. The van der Waals surface area contributed by atoms with Crippen LogP contribution in [-0.4, -0.2) is 43.4 Å². The molecule has 108 valence electrons. The first-order valence-corrected chi connectivity index (χ1v) is 6.46. The smallest absolute Gasteiger partial charge is 0.364 e. The third-order valence-electron chi connectivity index (χ3n) is 2.05. The van der Waals surface area contributed by atoms with Crippen LogP contribution in [0.4, 0.5) is 0 Å². The van der Waals surface area contributed by atoms with E-state index in [1.807, 2.05) is 0 Å². The molecular weight excluding hydrogens is 292 g/mol. The van der Waals surface area contributed by atoms with Crippen molar-refractivity contribution in [2.24, 2.45) is 5.10 Å². The van der Waals surface area contributed by atoms with Crippen LogP contribution >= 0.6 is 0 Å². The van der Waals surface area contributed by atoms with E-state index in [9.17, 15) is 18.0 Å². The van der Waals surface area contributed by atoms with Crippen LogP contribution in [0.5, 0.6) is 5.75 Å². The second-order valence-electron chi connectivity index (χ2n) is 3.34. The Balaban J connectivity index is 3.02. The first-order chi connectivity index (χ1) is 9.27. The number of ether oxygens (including phenoxy) is 1. The number of hydrazone groups is 1. The van der Waals surface area contributed by atoms with Gasteiger partial charge in [0, 0.05) is 0 Å². The quantitative estimate of drug-likeness (QED) is 0.365. The molecule has 20 heavy (non-hydrogen) atoms. The maximum absolute atomic E-state index is 11.7. The third-order valence-corrected chi connectivity index (χ3v) is 3.28. The molecular formula is C10H10N2O7S. The molecule has 0 amide bonds. The minimum atomic E-state index is -4.17. The summed E-state index contributed by atoms with van der Waals surface area (Å²) < 4.78 is 28.3. The SMILES string of the molecule is COc1ccc(S(=O)(=O)NN=C(C(=O)O)C(=O)O)cc1. The van der Waals surface area contributed by atoms with E-state index in [-0.39, 0.29) is 4.90 Å². The number of carbonyl (C=O) groups is 2. The van der Waals surface area contributed by atoms with Crippen LogP contribution < -0.4 is 9.57 Å². The molecule has 9 nitrogen and oxygen atoms in total. The molecule has 0 bridgehead atoms. The standard InChI is InChI=1S/C10H10N2O7S/c1-19-6-2-4-7(5-3-6)20(17,18)12-11-8(9(13)14)10(15)16/h2-5,12H,1H3,(H,13,14)(H,15,16). The summed E-state index contributed by atoms with van der Waals surface area (Å²) in [6, 6.07) is 5.12. The van der Waals surface area contributed by atoms with E-state index >= 15 is 0 Å². The summed E-state index contributed by atoms with van der Waals surface area (Å²) in [4.78, 5) is 22.3. The van der Waals surface area contributed by atoms with Crippen LogP contribution in [0.15, 0.2) is 34.3 Å². The highest BCUT2D eigenvalue weighted by atomic mass is 32.2. The van der Waals surface area contributed by atoms with Gasteiger partial charge in [-0.1, -0.05) is 0 Å². The highest BCUT2D eigenvalue weighted by molar-refractivity contribution is 7.89. The number of carboxylic acids is 2. The predicted octanol–water partition coefficient (Wildman–Crippen LogP) is -0.501. The maximum atomic E-state index is 11.7. The number of carboxylic acid groups (broad SMARTS) is 2. The topological polar surface area (TPSA) is 142 Å². The van der Waals surface area contributed by atoms with Gasteiger partial charge in [0.05, 0.1) is 12.0 Å². The van der Waals surface area contributed by atoms with E-state index in [2.05, 4.69) is 5.10 Å². The first kappa shape index (κ1) is 15.4. The lowest BCUT2D eigenvalue weighted by Crippen LogP contribution is -2.28. The van der Waals surface area contributed by atoms with Crippen molar-refractivity contribution < 1.29 is 33.0 Å². The van der Waals surface area contributed by atoms with E-state index < -0.39 is 27.7 Å². The van der Waals surface area contributed by atoms with Gasteiger partial charge in [0.15, 0.2) is 0 Å². The van der Waals surface area contributed by atoms with Crippen molar-refractivity contribution in [1.82, 2.24) is 4.83 Å². The lowest BCUT2D eigenvalue weighted by molar-refractivity contribution is -0.134. The molecule has 0 radical (unpaired) electrons. The molecule has 0 atom stereocenters. The highest BCUT2D eigenvalue weighted by Gasteiger charge is 2.21. The van der Waals surface area contributed by atoms with Crippen molar-refractivity contribution in [1.29, 1.82) is 0 Å². The van der Waals surface area contributed by atoms with Gasteiger partial charge in [-0.2, -0.15) is 13.2 Å². The average Bonchev–Trinajstić information content (AvgIpc) is 2.38. The number of methoxy groups -OCH3 is 1. The average molecular weight is 302 g/mol. The monoisotopic (exact) mass is 302 g/mol. The summed E-state index contributed by atoms with van der Waals surface area (Å²) in [5, 5.41) is 19.9. The molecule has 0 saturated heterocycles. The fourth-order valence-corrected chi connectivity index (χ4v) is 1.91. The Labute approximate surface area is 113 Å². The Morgan fingerprint density at radius 1 is 1.15 bits per heavy atom. The Morgan fingerprint density at radius 2 is 1.65 bits per heavy atom. The summed E-state index contributed by atoms with van der Waals surface area (Å²) >= 11 is 0. The largest absolute Gasteiger partial charge is 0.497 e. The molecule has 0 heterocycles. The number of rotatable bonds is 6. The number of aliphatic carboxylic acids is 2. The Morgan fingerprint density at radius 3 is 2.05 bits per heavy atom. The van der Waals surface area contributed by atoms with Crippen LogP contribution in [0.1, 0.15) is 0 Å². The second-order valence-corrected chi connectivity index (χ2v) is 5.00. The van der Waals surface area contributed by atoms with Gasteiger partial charge in [0.2, 0.25) is 0 Å². The van der Waals surface area contributed by atoms with Crippen molar-refractivity contribution in [2.75, 3.05) is 7.11 Å². The normalized spacial score (nSPS) is 10.4. The molecule has 0 aliphatic heterocycles. The minimum Gasteiger partial charge on any atom is -0.497 e. The number of sulfonamides is 1. The van der Waals surface area contributed by atoms with Crippen molar-refractivity contribution in [3.8, 4) is 5.75 Å². The number of benzene rings is 1. The van der Waals surface area contributed by atoms with Crippen LogP contribution in [0.2, 0.25) is 0 Å². The molecule has 1 rings (SSSR count). The van der Waals surface area contributed by atoms with Crippen molar-refractivity contribution >= 4 is 27.7 Å². The van der Waals surface area contributed by atoms with E-state index in [0.29, 0.717) is 5.75 Å². The summed E-state index contributed by atoms with van der Waals surface area (Å²) in [5.41, 5.74) is -1.35. The van der Waals surface area contributed by atoms with Gasteiger partial charge >= 0.3 is 11.9 Å². The van der Waals surface area contributed by atoms with Gasteiger partial charge < -0.3 is 14.9 Å². The maximum Gasteiger partial charge on any atom is 0.364 e. The van der Waals surface area contributed by atoms with Crippen LogP contribution in [0.25, 0.3) is 0 Å². The van der Waals surface area contributed by atoms with Gasteiger partial charge in [0.25, 0.3) is 15.7 Å². The zero-order valence-electron chi connectivity index (χ0n) is 10.1. The van der Waals surface area contributed by atoms with Gasteiger partial charge in [-0.3, -0.25) is 0 Å². The van der Waals surface area contributed by atoms with E-state index in [1.165, 1.54) is 36.2 Å². The van der Waals surface area contributed by atoms with Gasteiger partial charge in [-0.05, 0) is 24.3 Å². The zero-order chi connectivity index (χ0) is 15.3. The fourth-order valence-electron chi connectivity index (χ4n) is 1.10. The molecule has 0 spiro atoms. The molecule has 0 aromatic heterocycles. The lowest BCUT2D eigenvalue weighted by Gasteiger charge is -2.05. The molecule has 0 aliphatic carbocycles. The Bertz CT molecular complexity index is 633. The van der Waals surface area contributed by atoms with Crippen LogP contribution in [-0.2, 0) is 19.6 Å². The Kier molecular flexibility index (Phi) is 4.64. The molecule has 10 heteroatoms. The molecule has 3 N–H and O–H groups in total. The van der Waals surface area contributed by atoms with Crippen molar-refractivity contribution in [3.05, 3.63) is 24.3 Å². The summed E-state index contributed by atoms with van der Waals surface area (Å²) in [6.45, 7) is 0. The number of nitrogens with zero attached hydrogens (tertiary/aromatic N) is 1. The minimum absolute atomic E-state index is 0.225. The predicted molar refractivity (Wildman–Crippen MR) is 66.0 cm³/mol. The van der Waals surface area contributed by atoms with Gasteiger partial charge in [0.1, 0.15) is 5.75 Å². The van der Waals surface area contributed by atoms with Crippen LogP contribution in [0.3, 0.4) is 0 Å². The Hall–Kier alpha value is -2.62. The summed E-state index contributed by atoms with van der Waals surface area (Å²) in [7, 11) is -2.77. The molecule has 1 aromatic carbocycles. The molecule has 0 fully saturated rings. The molecule has 1 aromatic rings. The van der Waals surface area contributed by atoms with Gasteiger partial charge in [-0.25, -0.2) is 9.59 Å². The lowest BCUT2D eigenvalue weighted by atomic mass is 10.3. The number of hydrogen-bond donors (Lipinski definition) is 3. The summed E-state index contributed by atoms with van der Waals surface area (Å²) in [5.74, 6) is -3.31. The zero-order valence-corrected chi connectivity index (χ0v) is 10.9. The van der Waals surface area contributed by atoms with E-state index in [0.717, 1.165) is 0 Å². The van der Waals surface area contributed by atoms with Gasteiger partial charge in [-0.15, -0.1) is 5.10 Å². The fraction of sp³-hybridized carbons (Fsp3) is 0.100. The van der Waals surface area contributed by atoms with Crippen molar-refractivity contribution in [3.63, 3.8) is 0 Å². The third kappa shape index (κ3) is 3.68. The molecule has 0 saturated carbocycles. The van der Waals surface area contributed by atoms with Crippen molar-refractivity contribution in [2.45, 2.75) is 4.90 Å².